The van der Waals surface area contributed by atoms with Gasteiger partial charge in [-0.2, -0.15) is 13.2 Å². The molecular formula is C24H20F3N3O. The normalized spacial score (nSPS) is 17.2. The predicted molar refractivity (Wildman–Crippen MR) is 116 cm³/mol. The quantitative estimate of drug-likeness (QED) is 0.408. The lowest BCUT2D eigenvalue weighted by molar-refractivity contribution is -0.136. The number of benzene rings is 3. The van der Waals surface area contributed by atoms with E-state index in [-0.39, 0.29) is 11.8 Å². The van der Waals surface area contributed by atoms with Crippen molar-refractivity contribution >= 4 is 33.2 Å². The molecule has 31 heavy (non-hydrogen) atoms. The van der Waals surface area contributed by atoms with Crippen LogP contribution in [0.1, 0.15) is 17.2 Å². The van der Waals surface area contributed by atoms with Crippen LogP contribution in [0.5, 0.6) is 0 Å². The highest BCUT2D eigenvalue weighted by molar-refractivity contribution is 5.95. The maximum absolute atomic E-state index is 13.8. The molecule has 4 nitrogen and oxygen atoms in total. The zero-order chi connectivity index (χ0) is 21.4. The van der Waals surface area contributed by atoms with E-state index < -0.39 is 11.7 Å². The zero-order valence-electron chi connectivity index (χ0n) is 16.5. The number of hydrogen-bond donors (Lipinski definition) is 2. The van der Waals surface area contributed by atoms with Gasteiger partial charge in [0.2, 0.25) is 0 Å². The molecule has 1 atom stereocenters. The van der Waals surface area contributed by atoms with E-state index in [0.29, 0.717) is 28.7 Å². The third kappa shape index (κ3) is 4.06. The number of morpholine rings is 1. The fourth-order valence-electron chi connectivity index (χ4n) is 3.88. The van der Waals surface area contributed by atoms with Crippen molar-refractivity contribution in [2.24, 2.45) is 0 Å². The number of halogens is 3. The SMILES string of the molecule is FC(F)(F)c1cc2nc3ccccc3cc2cc1Nc1ccc([C@H]2CNCCO2)cc1. The maximum Gasteiger partial charge on any atom is 0.418 e. The lowest BCUT2D eigenvalue weighted by Gasteiger charge is -2.24. The van der Waals surface area contributed by atoms with E-state index in [2.05, 4.69) is 15.6 Å². The van der Waals surface area contributed by atoms with E-state index in [9.17, 15) is 13.2 Å². The van der Waals surface area contributed by atoms with Crippen LogP contribution in [-0.2, 0) is 10.9 Å². The molecule has 5 rings (SSSR count). The van der Waals surface area contributed by atoms with Crippen molar-refractivity contribution in [3.8, 4) is 0 Å². The van der Waals surface area contributed by atoms with Gasteiger partial charge >= 0.3 is 6.18 Å². The van der Waals surface area contributed by atoms with Crippen LogP contribution in [0.3, 0.4) is 0 Å². The Bertz CT molecular complexity index is 1230. The second kappa shape index (κ2) is 7.83. The molecule has 0 amide bonds. The summed E-state index contributed by atoms with van der Waals surface area (Å²) >= 11 is 0. The molecule has 1 aromatic heterocycles. The summed E-state index contributed by atoms with van der Waals surface area (Å²) in [6, 6.07) is 19.2. The highest BCUT2D eigenvalue weighted by atomic mass is 19.4. The largest absolute Gasteiger partial charge is 0.418 e. The van der Waals surface area contributed by atoms with Gasteiger partial charge in [-0.15, -0.1) is 0 Å². The van der Waals surface area contributed by atoms with Crippen molar-refractivity contribution in [3.05, 3.63) is 77.9 Å². The van der Waals surface area contributed by atoms with E-state index in [1.54, 1.807) is 18.2 Å². The lowest BCUT2D eigenvalue weighted by atomic mass is 10.0. The molecule has 2 N–H and O–H groups in total. The van der Waals surface area contributed by atoms with Crippen molar-refractivity contribution in [2.75, 3.05) is 25.0 Å². The molecule has 1 fully saturated rings. The van der Waals surface area contributed by atoms with E-state index in [4.69, 9.17) is 4.74 Å². The molecule has 0 saturated carbocycles. The third-order valence-electron chi connectivity index (χ3n) is 5.45. The third-order valence-corrected chi connectivity index (χ3v) is 5.45. The number of ether oxygens (including phenoxy) is 1. The Balaban J connectivity index is 1.52. The summed E-state index contributed by atoms with van der Waals surface area (Å²) in [4.78, 5) is 4.42. The monoisotopic (exact) mass is 423 g/mol. The van der Waals surface area contributed by atoms with E-state index >= 15 is 0 Å². The van der Waals surface area contributed by atoms with Gasteiger partial charge < -0.3 is 15.4 Å². The maximum atomic E-state index is 13.8. The summed E-state index contributed by atoms with van der Waals surface area (Å²) in [5.41, 5.74) is 1.80. The molecule has 0 bridgehead atoms. The minimum Gasteiger partial charge on any atom is -0.371 e. The van der Waals surface area contributed by atoms with Gasteiger partial charge in [0.15, 0.2) is 0 Å². The van der Waals surface area contributed by atoms with E-state index in [1.807, 2.05) is 36.4 Å². The van der Waals surface area contributed by atoms with Crippen LogP contribution in [0, 0.1) is 0 Å². The standard InChI is InChI=1S/C24H20F3N3O/c25-24(26,27)19-13-21-17(11-16-3-1-2-4-20(16)30-21)12-22(19)29-18-7-5-15(6-8-18)23-14-28-9-10-31-23/h1-8,11-13,23,28-29H,9-10,14H2/t23-/m1/s1. The van der Waals surface area contributed by atoms with Crippen LogP contribution in [0.4, 0.5) is 24.5 Å². The molecule has 0 spiro atoms. The molecule has 1 saturated heterocycles. The summed E-state index contributed by atoms with van der Waals surface area (Å²) in [5, 5.41) is 7.74. The molecule has 158 valence electrons. The number of fused-ring (bicyclic) bond motifs is 2. The number of rotatable bonds is 3. The number of anilines is 2. The topological polar surface area (TPSA) is 46.2 Å². The summed E-state index contributed by atoms with van der Waals surface area (Å²) in [6.45, 7) is 2.18. The van der Waals surface area contributed by atoms with Gasteiger partial charge in [-0.1, -0.05) is 30.3 Å². The van der Waals surface area contributed by atoms with Gasteiger partial charge in [0, 0.05) is 29.5 Å². The Hall–Kier alpha value is -3.16. The van der Waals surface area contributed by atoms with Crippen LogP contribution >= 0.6 is 0 Å². The Labute approximate surface area is 177 Å². The number of alkyl halides is 3. The minimum atomic E-state index is -4.51. The first kappa shape index (κ1) is 19.8. The van der Waals surface area contributed by atoms with Crippen molar-refractivity contribution < 1.29 is 17.9 Å². The molecule has 0 unspecified atom stereocenters. The number of nitrogens with one attached hydrogen (secondary N) is 2. The molecular weight excluding hydrogens is 403 g/mol. The number of nitrogens with zero attached hydrogens (tertiary/aromatic N) is 1. The van der Waals surface area contributed by atoms with Gasteiger partial charge in [0.25, 0.3) is 0 Å². The Kier molecular flexibility index (Phi) is 5.00. The second-order valence-electron chi connectivity index (χ2n) is 7.58. The molecule has 1 aliphatic rings. The zero-order valence-corrected chi connectivity index (χ0v) is 16.5. The Morgan fingerprint density at radius 2 is 1.74 bits per heavy atom. The summed E-state index contributed by atoms with van der Waals surface area (Å²) < 4.78 is 47.2. The first-order valence-electron chi connectivity index (χ1n) is 10.1. The van der Waals surface area contributed by atoms with Crippen molar-refractivity contribution in [3.63, 3.8) is 0 Å². The van der Waals surface area contributed by atoms with Gasteiger partial charge in [-0.3, -0.25) is 0 Å². The van der Waals surface area contributed by atoms with Crippen LogP contribution < -0.4 is 10.6 Å². The Morgan fingerprint density at radius 1 is 0.935 bits per heavy atom. The summed E-state index contributed by atoms with van der Waals surface area (Å²) in [6.07, 6.45) is -4.56. The number of para-hydroxylation sites is 1. The first-order chi connectivity index (χ1) is 15.0. The molecule has 2 heterocycles. The molecule has 1 aliphatic heterocycles. The molecule has 0 radical (unpaired) electrons. The van der Waals surface area contributed by atoms with Crippen molar-refractivity contribution in [2.45, 2.75) is 12.3 Å². The smallest absolute Gasteiger partial charge is 0.371 e. The van der Waals surface area contributed by atoms with Gasteiger partial charge in [0.1, 0.15) is 0 Å². The number of hydrogen-bond acceptors (Lipinski definition) is 4. The first-order valence-corrected chi connectivity index (χ1v) is 10.1. The average molecular weight is 423 g/mol. The fourth-order valence-corrected chi connectivity index (χ4v) is 3.88. The minimum absolute atomic E-state index is 0.000383. The van der Waals surface area contributed by atoms with Crippen molar-refractivity contribution in [1.82, 2.24) is 10.3 Å². The van der Waals surface area contributed by atoms with E-state index in [1.165, 1.54) is 6.07 Å². The van der Waals surface area contributed by atoms with Crippen LogP contribution in [0.25, 0.3) is 21.8 Å². The highest BCUT2D eigenvalue weighted by Crippen LogP contribution is 2.39. The summed E-state index contributed by atoms with van der Waals surface area (Å²) in [7, 11) is 0. The molecule has 4 aromatic rings. The summed E-state index contributed by atoms with van der Waals surface area (Å²) in [5.74, 6) is 0. The second-order valence-corrected chi connectivity index (χ2v) is 7.58. The highest BCUT2D eigenvalue weighted by Gasteiger charge is 2.34. The van der Waals surface area contributed by atoms with Crippen LogP contribution in [0.15, 0.2) is 66.7 Å². The average Bonchev–Trinajstić information content (AvgIpc) is 2.78. The van der Waals surface area contributed by atoms with E-state index in [0.717, 1.165) is 30.1 Å². The molecule has 7 heteroatoms. The fraction of sp³-hybridized carbons (Fsp3) is 0.208. The number of pyridine rings is 1. The van der Waals surface area contributed by atoms with Gasteiger partial charge in [-0.25, -0.2) is 4.98 Å². The van der Waals surface area contributed by atoms with Gasteiger partial charge in [-0.05, 0) is 42.0 Å². The number of aromatic nitrogens is 1. The van der Waals surface area contributed by atoms with Crippen LogP contribution in [-0.4, -0.2) is 24.7 Å². The molecule has 0 aliphatic carbocycles. The molecule has 3 aromatic carbocycles. The van der Waals surface area contributed by atoms with Gasteiger partial charge in [0.05, 0.1) is 35.0 Å². The lowest BCUT2D eigenvalue weighted by Crippen LogP contribution is -2.33. The van der Waals surface area contributed by atoms with Crippen LogP contribution in [0.2, 0.25) is 0 Å². The Morgan fingerprint density at radius 3 is 2.48 bits per heavy atom. The van der Waals surface area contributed by atoms with Crippen molar-refractivity contribution in [1.29, 1.82) is 0 Å². The predicted octanol–water partition coefficient (Wildman–Crippen LogP) is 5.81.